The van der Waals surface area contributed by atoms with Crippen molar-refractivity contribution in [2.24, 2.45) is 16.3 Å². The second kappa shape index (κ2) is 7.75. The Morgan fingerprint density at radius 2 is 1.80 bits per heavy atom. The summed E-state index contributed by atoms with van der Waals surface area (Å²) in [7, 11) is 0. The van der Waals surface area contributed by atoms with E-state index in [1.807, 2.05) is 0 Å². The van der Waals surface area contributed by atoms with Crippen LogP contribution in [0.15, 0.2) is 29.4 Å². The van der Waals surface area contributed by atoms with Gasteiger partial charge in [-0.15, -0.1) is 0 Å². The number of hydrogen-bond donors (Lipinski definition) is 2. The molecule has 0 saturated carbocycles. The van der Waals surface area contributed by atoms with Crippen molar-refractivity contribution < 1.29 is 14.7 Å². The predicted octanol–water partition coefficient (Wildman–Crippen LogP) is 2.61. The van der Waals surface area contributed by atoms with E-state index in [4.69, 9.17) is 20.4 Å². The Balaban J connectivity index is 2.23. The van der Waals surface area contributed by atoms with Gasteiger partial charge in [0.05, 0.1) is 6.61 Å². The first-order chi connectivity index (χ1) is 9.42. The third kappa shape index (κ3) is 6.43. The quantitative estimate of drug-likeness (QED) is 0.265. The van der Waals surface area contributed by atoms with Crippen molar-refractivity contribution in [3.05, 3.63) is 29.8 Å². The van der Waals surface area contributed by atoms with Gasteiger partial charge in [0.25, 0.3) is 0 Å². The molecule has 0 aromatic heterocycles. The summed E-state index contributed by atoms with van der Waals surface area (Å²) in [6.07, 6.45) is 1.03. The molecular formula is C15H24N2O3. The average molecular weight is 280 g/mol. The van der Waals surface area contributed by atoms with Crippen LogP contribution in [0, 0.1) is 5.41 Å². The summed E-state index contributed by atoms with van der Waals surface area (Å²) in [5, 5.41) is 11.5. The number of oxime groups is 1. The number of hydrogen-bond acceptors (Lipinski definition) is 4. The average Bonchev–Trinajstić information content (AvgIpc) is 2.41. The van der Waals surface area contributed by atoms with Gasteiger partial charge < -0.3 is 20.4 Å². The van der Waals surface area contributed by atoms with Crippen molar-refractivity contribution in [3.63, 3.8) is 0 Å². The van der Waals surface area contributed by atoms with Crippen LogP contribution in [-0.4, -0.2) is 30.9 Å². The van der Waals surface area contributed by atoms with Gasteiger partial charge in [-0.3, -0.25) is 0 Å². The van der Waals surface area contributed by atoms with Crippen LogP contribution in [0.1, 0.15) is 32.8 Å². The molecule has 5 nitrogen and oxygen atoms in total. The van der Waals surface area contributed by atoms with Crippen LogP contribution < -0.4 is 10.5 Å². The van der Waals surface area contributed by atoms with Crippen LogP contribution in [0.2, 0.25) is 0 Å². The van der Waals surface area contributed by atoms with Gasteiger partial charge in [0, 0.05) is 12.2 Å². The van der Waals surface area contributed by atoms with Crippen LogP contribution in [0.25, 0.3) is 0 Å². The van der Waals surface area contributed by atoms with Crippen molar-refractivity contribution >= 4 is 5.84 Å². The maximum atomic E-state index is 8.55. The number of nitrogens with zero attached hydrogens (tertiary/aromatic N) is 1. The summed E-state index contributed by atoms with van der Waals surface area (Å²) in [5.41, 5.74) is 6.42. The highest BCUT2D eigenvalue weighted by atomic mass is 16.5. The van der Waals surface area contributed by atoms with Crippen LogP contribution in [0.5, 0.6) is 5.75 Å². The number of nitrogens with two attached hydrogens (primary N) is 1. The Morgan fingerprint density at radius 3 is 2.35 bits per heavy atom. The lowest BCUT2D eigenvalue weighted by Crippen LogP contribution is -2.13. The summed E-state index contributed by atoms with van der Waals surface area (Å²) >= 11 is 0. The Morgan fingerprint density at radius 1 is 1.15 bits per heavy atom. The molecule has 0 heterocycles. The summed E-state index contributed by atoms with van der Waals surface area (Å²) < 4.78 is 11.1. The molecule has 0 aliphatic carbocycles. The molecule has 1 rings (SSSR count). The van der Waals surface area contributed by atoms with Crippen molar-refractivity contribution in [1.29, 1.82) is 0 Å². The monoisotopic (exact) mass is 280 g/mol. The topological polar surface area (TPSA) is 77.1 Å². The Bertz CT molecular complexity index is 422. The second-order valence-corrected chi connectivity index (χ2v) is 5.78. The summed E-state index contributed by atoms with van der Waals surface area (Å²) in [4.78, 5) is 0. The van der Waals surface area contributed by atoms with Gasteiger partial charge in [-0.05, 0) is 36.1 Å². The maximum Gasteiger partial charge on any atom is 0.170 e. The second-order valence-electron chi connectivity index (χ2n) is 5.78. The molecule has 112 valence electrons. The molecule has 0 amide bonds. The fourth-order valence-corrected chi connectivity index (χ4v) is 1.48. The number of amidine groups is 1. The van der Waals surface area contributed by atoms with Crippen molar-refractivity contribution in [2.75, 3.05) is 19.8 Å². The van der Waals surface area contributed by atoms with E-state index < -0.39 is 0 Å². The summed E-state index contributed by atoms with van der Waals surface area (Å²) in [6.45, 7) is 8.39. The van der Waals surface area contributed by atoms with E-state index in [9.17, 15) is 0 Å². The minimum absolute atomic E-state index is 0.0852. The highest BCUT2D eigenvalue weighted by Crippen LogP contribution is 2.17. The summed E-state index contributed by atoms with van der Waals surface area (Å²) in [6, 6.07) is 7.04. The van der Waals surface area contributed by atoms with E-state index in [0.29, 0.717) is 24.2 Å². The molecule has 5 heteroatoms. The van der Waals surface area contributed by atoms with E-state index in [0.717, 1.165) is 18.8 Å². The molecule has 1 aromatic rings. The van der Waals surface area contributed by atoms with E-state index >= 15 is 0 Å². The lowest BCUT2D eigenvalue weighted by molar-refractivity contribution is 0.0818. The van der Waals surface area contributed by atoms with Gasteiger partial charge in [-0.25, -0.2) is 0 Å². The van der Waals surface area contributed by atoms with E-state index in [2.05, 4.69) is 25.9 Å². The molecule has 0 fully saturated rings. The zero-order chi connectivity index (χ0) is 15.0. The van der Waals surface area contributed by atoms with Crippen LogP contribution >= 0.6 is 0 Å². The predicted molar refractivity (Wildman–Crippen MR) is 79.3 cm³/mol. The molecule has 3 N–H and O–H groups in total. The number of benzene rings is 1. The standard InChI is InChI=1S/C15H24N2O3/c1-15(2,3)8-9-19-10-11-20-13-6-4-12(5-7-13)14(16)17-18/h4-7,18H,8-11H2,1-3H3,(H2,16,17). The molecule has 1 aromatic carbocycles. The highest BCUT2D eigenvalue weighted by molar-refractivity contribution is 5.97. The molecule has 0 bridgehead atoms. The van der Waals surface area contributed by atoms with Gasteiger partial charge >= 0.3 is 0 Å². The Hall–Kier alpha value is -1.75. The fraction of sp³-hybridized carbons (Fsp3) is 0.533. The van der Waals surface area contributed by atoms with Gasteiger partial charge in [0.2, 0.25) is 0 Å². The molecule has 0 aliphatic rings. The van der Waals surface area contributed by atoms with E-state index in [-0.39, 0.29) is 5.84 Å². The third-order valence-electron chi connectivity index (χ3n) is 2.75. The van der Waals surface area contributed by atoms with Gasteiger partial charge in [-0.1, -0.05) is 25.9 Å². The first kappa shape index (κ1) is 16.3. The van der Waals surface area contributed by atoms with Crippen molar-refractivity contribution in [3.8, 4) is 5.75 Å². The minimum atomic E-state index is 0.0852. The molecule has 0 spiro atoms. The Labute approximate surface area is 120 Å². The van der Waals surface area contributed by atoms with Crippen LogP contribution in [-0.2, 0) is 4.74 Å². The first-order valence-electron chi connectivity index (χ1n) is 6.71. The lowest BCUT2D eigenvalue weighted by Gasteiger charge is -2.17. The first-order valence-corrected chi connectivity index (χ1v) is 6.71. The van der Waals surface area contributed by atoms with Gasteiger partial charge in [-0.2, -0.15) is 0 Å². The summed E-state index contributed by atoms with van der Waals surface area (Å²) in [5.74, 6) is 0.820. The van der Waals surface area contributed by atoms with E-state index in [1.54, 1.807) is 24.3 Å². The van der Waals surface area contributed by atoms with Crippen LogP contribution in [0.3, 0.4) is 0 Å². The smallest absolute Gasteiger partial charge is 0.170 e. The number of ether oxygens (including phenoxy) is 2. The number of rotatable bonds is 7. The fourth-order valence-electron chi connectivity index (χ4n) is 1.48. The van der Waals surface area contributed by atoms with Crippen LogP contribution in [0.4, 0.5) is 0 Å². The maximum absolute atomic E-state index is 8.55. The molecule has 0 atom stereocenters. The SMILES string of the molecule is CC(C)(C)CCOCCOc1ccc(C(N)=NO)cc1. The largest absolute Gasteiger partial charge is 0.491 e. The zero-order valence-corrected chi connectivity index (χ0v) is 12.4. The molecule has 0 unspecified atom stereocenters. The van der Waals surface area contributed by atoms with Gasteiger partial charge in [0.1, 0.15) is 12.4 Å². The van der Waals surface area contributed by atoms with E-state index in [1.165, 1.54) is 0 Å². The molecular weight excluding hydrogens is 256 g/mol. The molecule has 0 radical (unpaired) electrons. The highest BCUT2D eigenvalue weighted by Gasteiger charge is 2.09. The van der Waals surface area contributed by atoms with Gasteiger partial charge in [0.15, 0.2) is 5.84 Å². The van der Waals surface area contributed by atoms with Crippen molar-refractivity contribution in [2.45, 2.75) is 27.2 Å². The molecule has 0 saturated heterocycles. The molecule has 20 heavy (non-hydrogen) atoms. The Kier molecular flexibility index (Phi) is 6.31. The van der Waals surface area contributed by atoms with Crippen molar-refractivity contribution in [1.82, 2.24) is 0 Å². The lowest BCUT2D eigenvalue weighted by atomic mass is 9.93. The molecule has 0 aliphatic heterocycles. The third-order valence-corrected chi connectivity index (χ3v) is 2.75. The zero-order valence-electron chi connectivity index (χ0n) is 12.4. The normalized spacial score (nSPS) is 12.4. The minimum Gasteiger partial charge on any atom is -0.491 e.